The fraction of sp³-hybridized carbons (Fsp3) is 0.385. The van der Waals surface area contributed by atoms with Crippen molar-refractivity contribution in [1.82, 2.24) is 0 Å². The number of methoxy groups -OCH3 is 1. The van der Waals surface area contributed by atoms with Crippen molar-refractivity contribution in [2.24, 2.45) is 0 Å². The molecule has 0 fully saturated rings. The van der Waals surface area contributed by atoms with E-state index >= 15 is 0 Å². The summed E-state index contributed by atoms with van der Waals surface area (Å²) >= 11 is 0. The van der Waals surface area contributed by atoms with Crippen LogP contribution in [-0.4, -0.2) is 18.6 Å². The monoisotopic (exact) mass is 249 g/mol. The standard InChI is InChI=1S/C13H15NO4/c1-9(14(15)16)6-11-8-12(17-2)7-10-4-3-5-18-13(10)11/h6-8H,3-5H2,1-2H3/b9-6+. The number of ether oxygens (including phenoxy) is 2. The number of rotatable bonds is 3. The summed E-state index contributed by atoms with van der Waals surface area (Å²) in [5, 5.41) is 10.7. The van der Waals surface area contributed by atoms with Crippen molar-refractivity contribution in [2.45, 2.75) is 19.8 Å². The van der Waals surface area contributed by atoms with Gasteiger partial charge in [-0.05, 0) is 30.5 Å². The Kier molecular flexibility index (Phi) is 3.50. The van der Waals surface area contributed by atoms with Crippen LogP contribution in [0.2, 0.25) is 0 Å². The van der Waals surface area contributed by atoms with Crippen molar-refractivity contribution < 1.29 is 14.4 Å². The zero-order valence-electron chi connectivity index (χ0n) is 10.4. The van der Waals surface area contributed by atoms with E-state index in [0.717, 1.165) is 24.2 Å². The topological polar surface area (TPSA) is 61.6 Å². The number of nitrogens with zero attached hydrogens (tertiary/aromatic N) is 1. The van der Waals surface area contributed by atoms with Crippen LogP contribution in [0.25, 0.3) is 6.08 Å². The van der Waals surface area contributed by atoms with Gasteiger partial charge in [0, 0.05) is 18.6 Å². The maximum absolute atomic E-state index is 10.7. The van der Waals surface area contributed by atoms with Crippen LogP contribution in [0.4, 0.5) is 0 Å². The van der Waals surface area contributed by atoms with Crippen molar-refractivity contribution in [3.8, 4) is 11.5 Å². The van der Waals surface area contributed by atoms with Gasteiger partial charge in [0.2, 0.25) is 5.70 Å². The molecule has 0 radical (unpaired) electrons. The number of hydrogen-bond acceptors (Lipinski definition) is 4. The quantitative estimate of drug-likeness (QED) is 0.610. The van der Waals surface area contributed by atoms with Gasteiger partial charge in [-0.15, -0.1) is 0 Å². The highest BCUT2D eigenvalue weighted by Crippen LogP contribution is 2.34. The number of nitro groups is 1. The van der Waals surface area contributed by atoms with E-state index in [1.165, 1.54) is 13.0 Å². The highest BCUT2D eigenvalue weighted by Gasteiger charge is 2.17. The van der Waals surface area contributed by atoms with Gasteiger partial charge in [0.15, 0.2) is 0 Å². The molecule has 0 saturated heterocycles. The average molecular weight is 249 g/mol. The van der Waals surface area contributed by atoms with Crippen LogP contribution in [0.5, 0.6) is 11.5 Å². The first-order chi connectivity index (χ1) is 8.61. The second-order valence-corrected chi connectivity index (χ2v) is 4.20. The summed E-state index contributed by atoms with van der Waals surface area (Å²) in [5.41, 5.74) is 1.83. The number of hydrogen-bond donors (Lipinski definition) is 0. The maximum atomic E-state index is 10.7. The molecular formula is C13H15NO4. The summed E-state index contributed by atoms with van der Waals surface area (Å²) in [6, 6.07) is 3.68. The molecule has 1 aliphatic rings. The van der Waals surface area contributed by atoms with Crippen LogP contribution >= 0.6 is 0 Å². The van der Waals surface area contributed by atoms with Crippen LogP contribution in [0.15, 0.2) is 17.8 Å². The Labute approximate surface area is 105 Å². The van der Waals surface area contributed by atoms with E-state index < -0.39 is 4.92 Å². The molecule has 0 bridgehead atoms. The maximum Gasteiger partial charge on any atom is 0.243 e. The molecule has 1 aromatic rings. The van der Waals surface area contributed by atoms with Gasteiger partial charge in [0.25, 0.3) is 0 Å². The lowest BCUT2D eigenvalue weighted by molar-refractivity contribution is -0.422. The Bertz CT molecular complexity index is 508. The summed E-state index contributed by atoms with van der Waals surface area (Å²) in [5.74, 6) is 1.44. The summed E-state index contributed by atoms with van der Waals surface area (Å²) in [4.78, 5) is 10.3. The van der Waals surface area contributed by atoms with Gasteiger partial charge in [-0.3, -0.25) is 10.1 Å². The van der Waals surface area contributed by atoms with E-state index in [1.54, 1.807) is 13.2 Å². The zero-order chi connectivity index (χ0) is 13.1. The Balaban J connectivity index is 2.50. The normalized spacial score (nSPS) is 14.7. The number of allylic oxidation sites excluding steroid dienone is 1. The van der Waals surface area contributed by atoms with Crippen LogP contribution in [-0.2, 0) is 6.42 Å². The molecule has 0 unspecified atom stereocenters. The Morgan fingerprint density at radius 3 is 3.00 bits per heavy atom. The van der Waals surface area contributed by atoms with Gasteiger partial charge in [0.1, 0.15) is 11.5 Å². The van der Waals surface area contributed by atoms with Gasteiger partial charge < -0.3 is 9.47 Å². The van der Waals surface area contributed by atoms with Crippen LogP contribution in [0.3, 0.4) is 0 Å². The minimum absolute atomic E-state index is 0.0830. The summed E-state index contributed by atoms with van der Waals surface area (Å²) in [7, 11) is 1.58. The smallest absolute Gasteiger partial charge is 0.243 e. The van der Waals surface area contributed by atoms with Crippen LogP contribution < -0.4 is 9.47 Å². The third kappa shape index (κ3) is 2.45. The highest BCUT2D eigenvalue weighted by molar-refractivity contribution is 5.63. The Morgan fingerprint density at radius 1 is 1.56 bits per heavy atom. The van der Waals surface area contributed by atoms with Gasteiger partial charge >= 0.3 is 0 Å². The van der Waals surface area contributed by atoms with Crippen molar-refractivity contribution in [3.63, 3.8) is 0 Å². The van der Waals surface area contributed by atoms with E-state index in [9.17, 15) is 10.1 Å². The summed E-state index contributed by atoms with van der Waals surface area (Å²) in [6.45, 7) is 2.12. The van der Waals surface area contributed by atoms with E-state index in [1.807, 2.05) is 6.07 Å². The second kappa shape index (κ2) is 5.08. The molecule has 2 rings (SSSR count). The SMILES string of the molecule is COc1cc(/C=C(\C)[N+](=O)[O-])c2c(c1)CCCO2. The van der Waals surface area contributed by atoms with E-state index in [0.29, 0.717) is 17.9 Å². The van der Waals surface area contributed by atoms with Gasteiger partial charge in [-0.2, -0.15) is 0 Å². The molecular weight excluding hydrogens is 234 g/mol. The minimum Gasteiger partial charge on any atom is -0.497 e. The van der Waals surface area contributed by atoms with Crippen molar-refractivity contribution in [2.75, 3.05) is 13.7 Å². The van der Waals surface area contributed by atoms with E-state index in [-0.39, 0.29) is 5.70 Å². The van der Waals surface area contributed by atoms with E-state index in [2.05, 4.69) is 0 Å². The van der Waals surface area contributed by atoms with Crippen molar-refractivity contribution in [3.05, 3.63) is 39.1 Å². The fourth-order valence-corrected chi connectivity index (χ4v) is 1.98. The fourth-order valence-electron chi connectivity index (χ4n) is 1.98. The first-order valence-electron chi connectivity index (χ1n) is 5.78. The third-order valence-electron chi connectivity index (χ3n) is 2.89. The molecule has 1 aromatic carbocycles. The zero-order valence-corrected chi connectivity index (χ0v) is 10.4. The average Bonchev–Trinajstić information content (AvgIpc) is 2.38. The third-order valence-corrected chi connectivity index (χ3v) is 2.89. The predicted octanol–water partition coefficient (Wildman–Crippen LogP) is 2.66. The molecule has 0 spiro atoms. The molecule has 0 aromatic heterocycles. The lowest BCUT2D eigenvalue weighted by Crippen LogP contribution is -2.10. The van der Waals surface area contributed by atoms with Crippen LogP contribution in [0, 0.1) is 10.1 Å². The second-order valence-electron chi connectivity index (χ2n) is 4.20. The molecule has 0 atom stereocenters. The molecule has 1 aliphatic heterocycles. The lowest BCUT2D eigenvalue weighted by atomic mass is 10.0. The number of aryl methyl sites for hydroxylation is 1. The molecule has 1 heterocycles. The van der Waals surface area contributed by atoms with Crippen LogP contribution in [0.1, 0.15) is 24.5 Å². The molecule has 96 valence electrons. The largest absolute Gasteiger partial charge is 0.497 e. The summed E-state index contributed by atoms with van der Waals surface area (Å²) < 4.78 is 10.8. The highest BCUT2D eigenvalue weighted by atomic mass is 16.6. The van der Waals surface area contributed by atoms with Gasteiger partial charge in [-0.1, -0.05) is 0 Å². The number of fused-ring (bicyclic) bond motifs is 1. The van der Waals surface area contributed by atoms with Gasteiger partial charge in [-0.25, -0.2) is 0 Å². The molecule has 0 amide bonds. The molecule has 0 aliphatic carbocycles. The summed E-state index contributed by atoms with van der Waals surface area (Å²) in [6.07, 6.45) is 3.38. The first kappa shape index (κ1) is 12.4. The minimum atomic E-state index is -0.408. The van der Waals surface area contributed by atoms with Crippen molar-refractivity contribution in [1.29, 1.82) is 0 Å². The first-order valence-corrected chi connectivity index (χ1v) is 5.78. The molecule has 0 saturated carbocycles. The lowest BCUT2D eigenvalue weighted by Gasteiger charge is -2.20. The number of benzene rings is 1. The van der Waals surface area contributed by atoms with Crippen molar-refractivity contribution >= 4 is 6.08 Å². The molecule has 0 N–H and O–H groups in total. The Morgan fingerprint density at radius 2 is 2.33 bits per heavy atom. The molecule has 5 heteroatoms. The van der Waals surface area contributed by atoms with E-state index in [4.69, 9.17) is 9.47 Å². The Hall–Kier alpha value is -2.04. The molecule has 18 heavy (non-hydrogen) atoms. The predicted molar refractivity (Wildman–Crippen MR) is 67.5 cm³/mol. The van der Waals surface area contributed by atoms with Gasteiger partial charge in [0.05, 0.1) is 18.6 Å². The molecule has 5 nitrogen and oxygen atoms in total.